The lowest BCUT2D eigenvalue weighted by Crippen LogP contribution is -2.45. The molecule has 3 aromatic rings. The molecule has 2 aliphatic heterocycles. The minimum atomic E-state index is -3.69. The normalized spacial score (nSPS) is 22.1. The van der Waals surface area contributed by atoms with Crippen molar-refractivity contribution >= 4 is 49.3 Å². The zero-order valence-corrected chi connectivity index (χ0v) is 18.4. The second-order valence-electron chi connectivity index (χ2n) is 7.49. The van der Waals surface area contributed by atoms with E-state index in [0.717, 1.165) is 46.3 Å². The summed E-state index contributed by atoms with van der Waals surface area (Å²) in [6.45, 7) is 3.43. The van der Waals surface area contributed by atoms with Gasteiger partial charge in [0.15, 0.2) is 5.65 Å². The van der Waals surface area contributed by atoms with Crippen LogP contribution in [0.4, 0.5) is 5.69 Å². The number of ether oxygens (including phenoxy) is 1. The van der Waals surface area contributed by atoms with Crippen LogP contribution in [0.2, 0.25) is 0 Å². The number of fused-ring (bicyclic) bond motifs is 3. The molecule has 1 aromatic carbocycles. The Hall–Kier alpha value is -1.65. The molecule has 146 valence electrons. The Balaban J connectivity index is 1.60. The van der Waals surface area contributed by atoms with Gasteiger partial charge in [-0.05, 0) is 60.6 Å². The van der Waals surface area contributed by atoms with Gasteiger partial charge in [0.1, 0.15) is 0 Å². The number of anilines is 1. The lowest BCUT2D eigenvalue weighted by Gasteiger charge is -2.36. The van der Waals surface area contributed by atoms with Gasteiger partial charge in [-0.25, -0.2) is 17.4 Å². The molecule has 2 aliphatic rings. The third-order valence-corrected chi connectivity index (χ3v) is 8.19. The summed E-state index contributed by atoms with van der Waals surface area (Å²) < 4.78 is 34.2. The molecule has 5 rings (SSSR count). The molecule has 0 radical (unpaired) electrons. The van der Waals surface area contributed by atoms with Crippen LogP contribution in [0, 0.1) is 10.5 Å². The Morgan fingerprint density at radius 1 is 1.14 bits per heavy atom. The number of halogens is 1. The van der Waals surface area contributed by atoms with Crippen molar-refractivity contribution in [3.05, 3.63) is 51.9 Å². The van der Waals surface area contributed by atoms with Gasteiger partial charge in [-0.2, -0.15) is 0 Å². The maximum atomic E-state index is 13.2. The largest absolute Gasteiger partial charge is 0.377 e. The lowest BCUT2D eigenvalue weighted by atomic mass is 10.2. The second-order valence-corrected chi connectivity index (χ2v) is 10.5. The van der Waals surface area contributed by atoms with E-state index in [9.17, 15) is 8.42 Å². The van der Waals surface area contributed by atoms with Crippen LogP contribution < -0.4 is 4.90 Å². The Bertz CT molecular complexity index is 1140. The van der Waals surface area contributed by atoms with E-state index in [1.807, 2.05) is 19.1 Å². The standard InChI is InChI=1S/C20H20IN3O3S/c1-13-2-6-17(7-3-13)28(25,26)23-10-19(21)18-8-16(9-22-20(18)23)24-14-4-5-15(24)12-27-11-14/h2-3,6-10,14-15H,4-5,11-12H2,1H3. The van der Waals surface area contributed by atoms with Crippen LogP contribution in [0.3, 0.4) is 0 Å². The van der Waals surface area contributed by atoms with Crippen molar-refractivity contribution in [3.8, 4) is 0 Å². The van der Waals surface area contributed by atoms with E-state index in [-0.39, 0.29) is 4.90 Å². The molecule has 2 saturated heterocycles. The first-order valence-corrected chi connectivity index (χ1v) is 11.8. The first-order chi connectivity index (χ1) is 13.4. The van der Waals surface area contributed by atoms with Crippen LogP contribution >= 0.6 is 22.6 Å². The number of pyridine rings is 1. The van der Waals surface area contributed by atoms with E-state index < -0.39 is 10.0 Å². The molecule has 8 heteroatoms. The van der Waals surface area contributed by atoms with E-state index in [1.54, 1.807) is 24.5 Å². The molecule has 0 amide bonds. The molecule has 2 unspecified atom stereocenters. The minimum absolute atomic E-state index is 0.267. The van der Waals surface area contributed by atoms with Gasteiger partial charge < -0.3 is 9.64 Å². The fourth-order valence-corrected chi connectivity index (χ4v) is 6.42. The summed E-state index contributed by atoms with van der Waals surface area (Å²) in [7, 11) is -3.69. The van der Waals surface area contributed by atoms with Crippen molar-refractivity contribution < 1.29 is 13.2 Å². The third kappa shape index (κ3) is 2.84. The van der Waals surface area contributed by atoms with Crippen molar-refractivity contribution in [3.63, 3.8) is 0 Å². The highest BCUT2D eigenvalue weighted by molar-refractivity contribution is 14.1. The highest BCUT2D eigenvalue weighted by atomic mass is 127. The number of hydrogen-bond donors (Lipinski definition) is 0. The molecular formula is C20H20IN3O3S. The fraction of sp³-hybridized carbons (Fsp3) is 0.350. The van der Waals surface area contributed by atoms with Crippen LogP contribution in [0.15, 0.2) is 47.6 Å². The Labute approximate surface area is 177 Å². The number of aromatic nitrogens is 2. The van der Waals surface area contributed by atoms with Gasteiger partial charge >= 0.3 is 0 Å². The number of rotatable bonds is 3. The van der Waals surface area contributed by atoms with Crippen LogP contribution in [0.5, 0.6) is 0 Å². The van der Waals surface area contributed by atoms with Gasteiger partial charge in [0, 0.05) is 15.2 Å². The zero-order chi connectivity index (χ0) is 19.5. The molecule has 4 heterocycles. The zero-order valence-electron chi connectivity index (χ0n) is 15.4. The van der Waals surface area contributed by atoms with Crippen LogP contribution in [0.25, 0.3) is 11.0 Å². The quantitative estimate of drug-likeness (QED) is 0.506. The molecule has 0 N–H and O–H groups in total. The van der Waals surface area contributed by atoms with Gasteiger partial charge in [0.2, 0.25) is 0 Å². The molecule has 2 aromatic heterocycles. The number of benzene rings is 1. The number of aryl methyl sites for hydroxylation is 1. The second kappa shape index (κ2) is 6.70. The topological polar surface area (TPSA) is 64.4 Å². The molecule has 2 atom stereocenters. The van der Waals surface area contributed by atoms with Crippen LogP contribution in [0.1, 0.15) is 18.4 Å². The predicted molar refractivity (Wildman–Crippen MR) is 116 cm³/mol. The number of morpholine rings is 1. The molecule has 0 aliphatic carbocycles. The van der Waals surface area contributed by atoms with Gasteiger partial charge in [-0.1, -0.05) is 17.7 Å². The first kappa shape index (κ1) is 18.4. The van der Waals surface area contributed by atoms with Gasteiger partial charge in [0.25, 0.3) is 10.0 Å². The SMILES string of the molecule is Cc1ccc(S(=O)(=O)n2cc(I)c3cc(N4C5CCC4COC5)cnc32)cc1. The van der Waals surface area contributed by atoms with E-state index in [4.69, 9.17) is 4.74 Å². The average Bonchev–Trinajstić information content (AvgIpc) is 3.15. The van der Waals surface area contributed by atoms with Crippen LogP contribution in [-0.2, 0) is 14.8 Å². The molecule has 2 bridgehead atoms. The van der Waals surface area contributed by atoms with E-state index >= 15 is 0 Å². The highest BCUT2D eigenvalue weighted by Crippen LogP contribution is 2.36. The summed E-state index contributed by atoms with van der Waals surface area (Å²) >= 11 is 2.19. The van der Waals surface area contributed by atoms with Gasteiger partial charge in [-0.3, -0.25) is 0 Å². The Kier molecular flexibility index (Phi) is 4.40. The van der Waals surface area contributed by atoms with Crippen molar-refractivity contribution in [2.24, 2.45) is 0 Å². The average molecular weight is 509 g/mol. The molecular weight excluding hydrogens is 489 g/mol. The Morgan fingerprint density at radius 2 is 1.82 bits per heavy atom. The Morgan fingerprint density at radius 3 is 2.50 bits per heavy atom. The lowest BCUT2D eigenvalue weighted by molar-refractivity contribution is 0.0906. The third-order valence-electron chi connectivity index (χ3n) is 5.67. The smallest absolute Gasteiger partial charge is 0.269 e. The summed E-state index contributed by atoms with van der Waals surface area (Å²) in [5, 5.41) is 0.861. The van der Waals surface area contributed by atoms with Gasteiger partial charge in [-0.15, -0.1) is 0 Å². The highest BCUT2D eigenvalue weighted by Gasteiger charge is 2.37. The maximum Gasteiger partial charge on any atom is 0.269 e. The summed E-state index contributed by atoms with van der Waals surface area (Å²) in [5.74, 6) is 0. The molecule has 0 saturated carbocycles. The van der Waals surface area contributed by atoms with Crippen molar-refractivity contribution in [2.75, 3.05) is 18.1 Å². The monoisotopic (exact) mass is 509 g/mol. The van der Waals surface area contributed by atoms with Crippen LogP contribution in [-0.4, -0.2) is 42.7 Å². The summed E-state index contributed by atoms with van der Waals surface area (Å²) in [6.07, 6.45) is 5.71. The summed E-state index contributed by atoms with van der Waals surface area (Å²) in [4.78, 5) is 7.25. The molecule has 28 heavy (non-hydrogen) atoms. The summed E-state index contributed by atoms with van der Waals surface area (Å²) in [6, 6.07) is 9.74. The van der Waals surface area contributed by atoms with Gasteiger partial charge in [0.05, 0.1) is 42.1 Å². The van der Waals surface area contributed by atoms with E-state index in [1.165, 1.54) is 3.97 Å². The summed E-state index contributed by atoms with van der Waals surface area (Å²) in [5.41, 5.74) is 2.54. The van der Waals surface area contributed by atoms with Crippen molar-refractivity contribution in [1.82, 2.24) is 8.96 Å². The van der Waals surface area contributed by atoms with Crippen molar-refractivity contribution in [2.45, 2.75) is 36.7 Å². The van der Waals surface area contributed by atoms with E-state index in [2.05, 4.69) is 38.5 Å². The minimum Gasteiger partial charge on any atom is -0.377 e. The fourth-order valence-electron chi connectivity index (χ4n) is 4.23. The van der Waals surface area contributed by atoms with E-state index in [0.29, 0.717) is 17.7 Å². The number of hydrogen-bond acceptors (Lipinski definition) is 5. The maximum absolute atomic E-state index is 13.2. The van der Waals surface area contributed by atoms with Crippen molar-refractivity contribution in [1.29, 1.82) is 0 Å². The molecule has 2 fully saturated rings. The first-order valence-electron chi connectivity index (χ1n) is 9.30. The predicted octanol–water partition coefficient (Wildman–Crippen LogP) is 3.55. The molecule has 0 spiro atoms. The number of nitrogens with zero attached hydrogens (tertiary/aromatic N) is 3. The molecule has 6 nitrogen and oxygen atoms in total.